The lowest BCUT2D eigenvalue weighted by atomic mass is 9.83. The van der Waals surface area contributed by atoms with E-state index in [4.69, 9.17) is 0 Å². The summed E-state index contributed by atoms with van der Waals surface area (Å²) in [4.78, 5) is 3.05. The third-order valence-corrected chi connectivity index (χ3v) is 4.65. The van der Waals surface area contributed by atoms with Crippen LogP contribution in [-0.2, 0) is 10.0 Å². The Hall–Kier alpha value is -0.850. The number of hydrogen-bond acceptors (Lipinski definition) is 3. The normalized spacial score (nSPS) is 25.9. The van der Waals surface area contributed by atoms with E-state index in [9.17, 15) is 8.42 Å². The van der Waals surface area contributed by atoms with Crippen molar-refractivity contribution in [3.05, 3.63) is 18.5 Å². The molecule has 2 rings (SSSR count). The predicted molar refractivity (Wildman–Crippen MR) is 66.2 cm³/mol. The molecule has 0 saturated carbocycles. The average molecular weight is 257 g/mol. The number of piperidine rings is 1. The lowest BCUT2D eigenvalue weighted by Crippen LogP contribution is -2.45. The Labute approximate surface area is 102 Å². The minimum absolute atomic E-state index is 0.0155. The quantitative estimate of drug-likeness (QED) is 0.742. The maximum absolute atomic E-state index is 11.9. The zero-order valence-electron chi connectivity index (χ0n) is 9.99. The van der Waals surface area contributed by atoms with Crippen molar-refractivity contribution in [2.24, 2.45) is 5.41 Å². The van der Waals surface area contributed by atoms with Crippen LogP contribution in [0.15, 0.2) is 23.4 Å². The maximum Gasteiger partial charge on any atom is 0.242 e. The Bertz CT molecular complexity index is 447. The van der Waals surface area contributed by atoms with E-state index in [1.54, 1.807) is 12.3 Å². The van der Waals surface area contributed by atoms with Gasteiger partial charge in [-0.05, 0) is 30.9 Å². The highest BCUT2D eigenvalue weighted by Gasteiger charge is 2.28. The van der Waals surface area contributed by atoms with Crippen LogP contribution in [0.4, 0.5) is 0 Å². The van der Waals surface area contributed by atoms with Gasteiger partial charge >= 0.3 is 0 Å². The van der Waals surface area contributed by atoms with Gasteiger partial charge < -0.3 is 10.3 Å². The maximum atomic E-state index is 11.9. The summed E-state index contributed by atoms with van der Waals surface area (Å²) in [6.07, 6.45) is 5.25. The Kier molecular flexibility index (Phi) is 3.56. The molecule has 5 nitrogen and oxygen atoms in total. The molecule has 1 aromatic rings. The highest BCUT2D eigenvalue weighted by molar-refractivity contribution is 7.89. The summed E-state index contributed by atoms with van der Waals surface area (Å²) in [5.41, 5.74) is 0.0155. The molecule has 1 saturated heterocycles. The zero-order chi connectivity index (χ0) is 12.4. The van der Waals surface area contributed by atoms with Crippen molar-refractivity contribution in [2.75, 3.05) is 19.6 Å². The second-order valence-corrected chi connectivity index (χ2v) is 6.73. The lowest BCUT2D eigenvalue weighted by molar-refractivity contribution is 0.238. The summed E-state index contributed by atoms with van der Waals surface area (Å²) in [6, 6.07) is 1.56. The van der Waals surface area contributed by atoms with E-state index >= 15 is 0 Å². The molecule has 6 heteroatoms. The monoisotopic (exact) mass is 257 g/mol. The second-order valence-electron chi connectivity index (χ2n) is 4.96. The third kappa shape index (κ3) is 3.08. The van der Waals surface area contributed by atoms with E-state index < -0.39 is 10.0 Å². The van der Waals surface area contributed by atoms with Gasteiger partial charge in [-0.3, -0.25) is 0 Å². The van der Waals surface area contributed by atoms with E-state index in [1.165, 1.54) is 6.20 Å². The van der Waals surface area contributed by atoms with Crippen LogP contribution in [0, 0.1) is 5.41 Å². The van der Waals surface area contributed by atoms with Gasteiger partial charge in [0.15, 0.2) is 0 Å². The molecule has 0 aromatic carbocycles. The van der Waals surface area contributed by atoms with Crippen LogP contribution in [0.1, 0.15) is 19.8 Å². The first kappa shape index (κ1) is 12.6. The molecule has 0 aliphatic carbocycles. The fourth-order valence-corrected chi connectivity index (χ4v) is 3.27. The summed E-state index contributed by atoms with van der Waals surface area (Å²) in [5, 5.41) is 3.31. The first-order valence-electron chi connectivity index (χ1n) is 5.85. The molecular formula is C11H19N3O2S. The van der Waals surface area contributed by atoms with Crippen molar-refractivity contribution in [2.45, 2.75) is 24.7 Å². The van der Waals surface area contributed by atoms with Gasteiger partial charge in [0, 0.05) is 25.5 Å². The highest BCUT2D eigenvalue weighted by atomic mass is 32.2. The zero-order valence-corrected chi connectivity index (χ0v) is 10.8. The van der Waals surface area contributed by atoms with Crippen molar-refractivity contribution in [3.8, 4) is 0 Å². The van der Waals surface area contributed by atoms with E-state index in [-0.39, 0.29) is 5.41 Å². The van der Waals surface area contributed by atoms with Crippen molar-refractivity contribution < 1.29 is 8.42 Å². The average Bonchev–Trinajstić information content (AvgIpc) is 2.82. The number of hydrogen-bond donors (Lipinski definition) is 3. The van der Waals surface area contributed by atoms with Gasteiger partial charge in [0.25, 0.3) is 0 Å². The number of sulfonamides is 1. The number of aromatic amines is 1. The van der Waals surface area contributed by atoms with Crippen LogP contribution in [0.25, 0.3) is 0 Å². The Balaban J connectivity index is 1.98. The molecule has 1 fully saturated rings. The fraction of sp³-hybridized carbons (Fsp3) is 0.636. The smallest absolute Gasteiger partial charge is 0.242 e. The highest BCUT2D eigenvalue weighted by Crippen LogP contribution is 2.24. The minimum Gasteiger partial charge on any atom is -0.366 e. The minimum atomic E-state index is -3.36. The third-order valence-electron chi connectivity index (χ3n) is 3.25. The number of nitrogens with one attached hydrogen (secondary N) is 3. The molecule has 0 bridgehead atoms. The summed E-state index contributed by atoms with van der Waals surface area (Å²) in [5.74, 6) is 0. The van der Waals surface area contributed by atoms with Gasteiger partial charge in [0.2, 0.25) is 10.0 Å². The molecule has 0 amide bonds. The second kappa shape index (κ2) is 4.80. The van der Waals surface area contributed by atoms with Crippen LogP contribution in [-0.4, -0.2) is 33.0 Å². The van der Waals surface area contributed by atoms with Gasteiger partial charge in [-0.15, -0.1) is 0 Å². The van der Waals surface area contributed by atoms with Crippen LogP contribution < -0.4 is 10.0 Å². The van der Waals surface area contributed by atoms with Crippen molar-refractivity contribution in [3.63, 3.8) is 0 Å². The molecule has 17 heavy (non-hydrogen) atoms. The van der Waals surface area contributed by atoms with Gasteiger partial charge in [0.1, 0.15) is 0 Å². The van der Waals surface area contributed by atoms with Crippen LogP contribution >= 0.6 is 0 Å². The predicted octanol–water partition coefficient (Wildman–Crippen LogP) is 0.683. The van der Waals surface area contributed by atoms with Gasteiger partial charge in [0.05, 0.1) is 4.90 Å². The molecule has 1 atom stereocenters. The van der Waals surface area contributed by atoms with Crippen molar-refractivity contribution in [1.82, 2.24) is 15.0 Å². The first-order valence-corrected chi connectivity index (χ1v) is 7.33. The molecule has 1 aliphatic rings. The molecule has 3 N–H and O–H groups in total. The SMILES string of the molecule is CC1(CNS(=O)(=O)c2cc[nH]c2)CCCNC1. The summed E-state index contributed by atoms with van der Waals surface area (Å²) >= 11 is 0. The lowest BCUT2D eigenvalue weighted by Gasteiger charge is -2.34. The fourth-order valence-electron chi connectivity index (χ4n) is 2.10. The molecule has 1 aliphatic heterocycles. The van der Waals surface area contributed by atoms with E-state index in [2.05, 4.69) is 21.9 Å². The molecule has 2 heterocycles. The van der Waals surface area contributed by atoms with Crippen LogP contribution in [0.3, 0.4) is 0 Å². The Morgan fingerprint density at radius 3 is 2.94 bits per heavy atom. The number of rotatable bonds is 4. The van der Waals surface area contributed by atoms with Gasteiger partial charge in [-0.1, -0.05) is 6.92 Å². The molecule has 1 unspecified atom stereocenters. The first-order chi connectivity index (χ1) is 8.02. The Morgan fingerprint density at radius 2 is 2.35 bits per heavy atom. The number of aromatic nitrogens is 1. The van der Waals surface area contributed by atoms with Crippen molar-refractivity contribution in [1.29, 1.82) is 0 Å². The van der Waals surface area contributed by atoms with Gasteiger partial charge in [-0.25, -0.2) is 13.1 Å². The van der Waals surface area contributed by atoms with E-state index in [0.717, 1.165) is 25.9 Å². The molecule has 1 aromatic heterocycles. The van der Waals surface area contributed by atoms with Gasteiger partial charge in [-0.2, -0.15) is 0 Å². The van der Waals surface area contributed by atoms with Crippen LogP contribution in [0.5, 0.6) is 0 Å². The summed E-state index contributed by atoms with van der Waals surface area (Å²) in [6.45, 7) is 4.48. The topological polar surface area (TPSA) is 74.0 Å². The largest absolute Gasteiger partial charge is 0.366 e. The van der Waals surface area contributed by atoms with E-state index in [1.807, 2.05) is 0 Å². The summed E-state index contributed by atoms with van der Waals surface area (Å²) < 4.78 is 26.5. The standard InChI is InChI=1S/C11H19N3O2S/c1-11(4-2-5-13-8-11)9-14-17(15,16)10-3-6-12-7-10/h3,6-7,12-14H,2,4-5,8-9H2,1H3. The molecule has 0 radical (unpaired) electrons. The summed E-state index contributed by atoms with van der Waals surface area (Å²) in [7, 11) is -3.36. The molecule has 96 valence electrons. The van der Waals surface area contributed by atoms with Crippen molar-refractivity contribution >= 4 is 10.0 Å². The van der Waals surface area contributed by atoms with Crippen LogP contribution in [0.2, 0.25) is 0 Å². The van der Waals surface area contributed by atoms with E-state index in [0.29, 0.717) is 11.4 Å². The molecular weight excluding hydrogens is 238 g/mol. The molecule has 0 spiro atoms. The Morgan fingerprint density at radius 1 is 1.53 bits per heavy atom. The number of H-pyrrole nitrogens is 1.